The van der Waals surface area contributed by atoms with Gasteiger partial charge in [-0.15, -0.1) is 0 Å². The van der Waals surface area contributed by atoms with E-state index in [2.05, 4.69) is 22.6 Å². The highest BCUT2D eigenvalue weighted by Crippen LogP contribution is 2.28. The summed E-state index contributed by atoms with van der Waals surface area (Å²) in [5.41, 5.74) is 0. The summed E-state index contributed by atoms with van der Waals surface area (Å²) in [5, 5.41) is 0. The lowest BCUT2D eigenvalue weighted by molar-refractivity contribution is -0.0127. The highest BCUT2D eigenvalue weighted by Gasteiger charge is 2.38. The number of hydrogen-bond donors (Lipinski definition) is 0. The van der Waals surface area contributed by atoms with E-state index >= 15 is 0 Å². The summed E-state index contributed by atoms with van der Waals surface area (Å²) in [4.78, 5) is 0. The van der Waals surface area contributed by atoms with Crippen molar-refractivity contribution in [3.63, 3.8) is 0 Å². The predicted molar refractivity (Wildman–Crippen MR) is 68.2 cm³/mol. The van der Waals surface area contributed by atoms with Crippen LogP contribution in [0.1, 0.15) is 32.1 Å². The Labute approximate surface area is 105 Å². The smallest absolute Gasteiger partial charge is 0.154 e. The SMILES string of the molecule is O=S1(=O)CC(I)C(OC2CCCCC2)C1. The molecular weight excluding hydrogens is 327 g/mol. The monoisotopic (exact) mass is 344 g/mol. The van der Waals surface area contributed by atoms with Crippen molar-refractivity contribution in [2.75, 3.05) is 11.5 Å². The molecule has 15 heavy (non-hydrogen) atoms. The molecule has 1 heterocycles. The van der Waals surface area contributed by atoms with Gasteiger partial charge in [0.05, 0.1) is 27.6 Å². The van der Waals surface area contributed by atoms with Gasteiger partial charge in [-0.2, -0.15) is 0 Å². The van der Waals surface area contributed by atoms with Crippen LogP contribution in [0, 0.1) is 0 Å². The first kappa shape index (κ1) is 12.1. The lowest BCUT2D eigenvalue weighted by Gasteiger charge is -2.26. The summed E-state index contributed by atoms with van der Waals surface area (Å²) < 4.78 is 28.9. The number of ether oxygens (including phenoxy) is 1. The van der Waals surface area contributed by atoms with E-state index in [0.717, 1.165) is 12.8 Å². The molecule has 1 saturated heterocycles. The second-order valence-electron chi connectivity index (χ2n) is 4.53. The van der Waals surface area contributed by atoms with Crippen LogP contribution in [0.3, 0.4) is 0 Å². The van der Waals surface area contributed by atoms with Crippen LogP contribution in [-0.2, 0) is 14.6 Å². The molecule has 1 saturated carbocycles. The maximum absolute atomic E-state index is 11.4. The minimum atomic E-state index is -2.83. The fourth-order valence-corrected chi connectivity index (χ4v) is 6.41. The van der Waals surface area contributed by atoms with Crippen LogP contribution in [0.5, 0.6) is 0 Å². The van der Waals surface area contributed by atoms with Crippen molar-refractivity contribution in [2.45, 2.75) is 48.2 Å². The summed E-state index contributed by atoms with van der Waals surface area (Å²) in [6, 6.07) is 0. The highest BCUT2D eigenvalue weighted by molar-refractivity contribution is 14.1. The van der Waals surface area contributed by atoms with Gasteiger partial charge >= 0.3 is 0 Å². The van der Waals surface area contributed by atoms with Gasteiger partial charge in [-0.05, 0) is 12.8 Å². The lowest BCUT2D eigenvalue weighted by Crippen LogP contribution is -2.29. The van der Waals surface area contributed by atoms with Crippen molar-refractivity contribution in [1.82, 2.24) is 0 Å². The van der Waals surface area contributed by atoms with Gasteiger partial charge in [-0.1, -0.05) is 41.9 Å². The maximum atomic E-state index is 11.4. The van der Waals surface area contributed by atoms with Gasteiger partial charge in [0.2, 0.25) is 0 Å². The Morgan fingerprint density at radius 3 is 2.27 bits per heavy atom. The summed E-state index contributed by atoms with van der Waals surface area (Å²) >= 11 is 2.21. The minimum Gasteiger partial charge on any atom is -0.373 e. The summed E-state index contributed by atoms with van der Waals surface area (Å²) in [6.07, 6.45) is 6.25. The van der Waals surface area contributed by atoms with Gasteiger partial charge < -0.3 is 4.74 Å². The summed E-state index contributed by atoms with van der Waals surface area (Å²) in [7, 11) is -2.83. The minimum absolute atomic E-state index is 0.0568. The van der Waals surface area contributed by atoms with E-state index in [1.165, 1.54) is 19.3 Å². The van der Waals surface area contributed by atoms with E-state index in [9.17, 15) is 8.42 Å². The zero-order valence-corrected chi connectivity index (χ0v) is 11.7. The molecule has 0 aromatic carbocycles. The third-order valence-corrected chi connectivity index (χ3v) is 6.70. The lowest BCUT2D eigenvalue weighted by atomic mass is 9.97. The first-order valence-corrected chi connectivity index (χ1v) is 8.63. The number of rotatable bonds is 2. The van der Waals surface area contributed by atoms with E-state index in [-0.39, 0.29) is 15.8 Å². The molecule has 0 aromatic rings. The molecule has 0 aromatic heterocycles. The molecule has 1 aliphatic heterocycles. The van der Waals surface area contributed by atoms with Gasteiger partial charge in [0, 0.05) is 0 Å². The molecule has 2 fully saturated rings. The Morgan fingerprint density at radius 1 is 1.07 bits per heavy atom. The van der Waals surface area contributed by atoms with Crippen LogP contribution in [-0.4, -0.2) is 36.1 Å². The Kier molecular flexibility index (Phi) is 3.93. The Hall–Kier alpha value is 0.640. The van der Waals surface area contributed by atoms with E-state index in [1.807, 2.05) is 0 Å². The molecule has 1 aliphatic carbocycles. The molecule has 2 aliphatic rings. The van der Waals surface area contributed by atoms with Crippen LogP contribution in [0.4, 0.5) is 0 Å². The highest BCUT2D eigenvalue weighted by atomic mass is 127. The maximum Gasteiger partial charge on any atom is 0.154 e. The normalized spacial score (nSPS) is 36.9. The van der Waals surface area contributed by atoms with Gasteiger partial charge in [0.25, 0.3) is 0 Å². The van der Waals surface area contributed by atoms with Crippen LogP contribution in [0.2, 0.25) is 0 Å². The third-order valence-electron chi connectivity index (χ3n) is 3.15. The van der Waals surface area contributed by atoms with Gasteiger partial charge in [0.1, 0.15) is 0 Å². The third kappa shape index (κ3) is 3.30. The topological polar surface area (TPSA) is 43.4 Å². The summed E-state index contributed by atoms with van der Waals surface area (Å²) in [6.45, 7) is 0. The Bertz CT molecular complexity index is 309. The second kappa shape index (κ2) is 4.87. The molecule has 3 nitrogen and oxygen atoms in total. The van der Waals surface area contributed by atoms with Gasteiger partial charge in [-0.25, -0.2) is 8.42 Å². The molecular formula is C10H17IO3S. The molecule has 2 rings (SSSR count). The first-order chi connectivity index (χ1) is 7.07. The molecule has 0 radical (unpaired) electrons. The number of alkyl halides is 1. The molecule has 2 atom stereocenters. The standard InChI is InChI=1S/C10H17IO3S/c11-9-6-15(12,13)7-10(9)14-8-4-2-1-3-5-8/h8-10H,1-7H2. The Balaban J connectivity index is 1.89. The van der Waals surface area contributed by atoms with E-state index in [0.29, 0.717) is 11.9 Å². The molecule has 0 spiro atoms. The van der Waals surface area contributed by atoms with Crippen LogP contribution >= 0.6 is 22.6 Å². The number of hydrogen-bond acceptors (Lipinski definition) is 3. The molecule has 2 unspecified atom stereocenters. The van der Waals surface area contributed by atoms with Gasteiger partial charge in [0.15, 0.2) is 9.84 Å². The predicted octanol–water partition coefficient (Wildman–Crippen LogP) is 1.94. The zero-order valence-electron chi connectivity index (χ0n) is 8.69. The molecule has 88 valence electrons. The summed E-state index contributed by atoms with van der Waals surface area (Å²) in [5.74, 6) is 0.530. The fourth-order valence-electron chi connectivity index (χ4n) is 2.35. The van der Waals surface area contributed by atoms with Crippen molar-refractivity contribution in [1.29, 1.82) is 0 Å². The van der Waals surface area contributed by atoms with E-state index in [4.69, 9.17) is 4.74 Å². The number of halogens is 1. The van der Waals surface area contributed by atoms with Crippen molar-refractivity contribution >= 4 is 32.4 Å². The average molecular weight is 344 g/mol. The van der Waals surface area contributed by atoms with Gasteiger partial charge in [-0.3, -0.25) is 0 Å². The average Bonchev–Trinajstić information content (AvgIpc) is 2.41. The zero-order chi connectivity index (χ0) is 10.9. The quantitative estimate of drug-likeness (QED) is 0.568. The second-order valence-corrected chi connectivity index (χ2v) is 8.28. The molecule has 0 N–H and O–H groups in total. The van der Waals surface area contributed by atoms with Crippen molar-refractivity contribution in [2.24, 2.45) is 0 Å². The van der Waals surface area contributed by atoms with Crippen LogP contribution in [0.25, 0.3) is 0 Å². The molecule has 5 heteroatoms. The molecule has 0 amide bonds. The van der Waals surface area contributed by atoms with E-state index < -0.39 is 9.84 Å². The largest absolute Gasteiger partial charge is 0.373 e. The number of sulfone groups is 1. The van der Waals surface area contributed by atoms with E-state index in [1.54, 1.807) is 0 Å². The first-order valence-electron chi connectivity index (χ1n) is 5.57. The Morgan fingerprint density at radius 2 is 1.73 bits per heavy atom. The van der Waals surface area contributed by atoms with Crippen molar-refractivity contribution in [3.8, 4) is 0 Å². The fraction of sp³-hybridized carbons (Fsp3) is 1.00. The van der Waals surface area contributed by atoms with Crippen molar-refractivity contribution < 1.29 is 13.2 Å². The van der Waals surface area contributed by atoms with Crippen molar-refractivity contribution in [3.05, 3.63) is 0 Å². The van der Waals surface area contributed by atoms with Crippen LogP contribution in [0.15, 0.2) is 0 Å². The van der Waals surface area contributed by atoms with Crippen LogP contribution < -0.4 is 0 Å². The molecule has 0 bridgehead atoms.